The van der Waals surface area contributed by atoms with E-state index >= 15 is 0 Å². The number of fused-ring (bicyclic) bond motifs is 1. The van der Waals surface area contributed by atoms with Crippen LogP contribution in [0.4, 0.5) is 14.7 Å². The van der Waals surface area contributed by atoms with E-state index in [2.05, 4.69) is 4.98 Å². The summed E-state index contributed by atoms with van der Waals surface area (Å²) in [4.78, 5) is 4.07. The van der Waals surface area contributed by atoms with Gasteiger partial charge in [0.05, 0.1) is 12.1 Å². The van der Waals surface area contributed by atoms with Crippen molar-refractivity contribution in [2.75, 3.05) is 12.8 Å². The smallest absolute Gasteiger partial charge is 0.206 e. The number of anilines is 1. The average molecular weight is 289 g/mol. The summed E-state index contributed by atoms with van der Waals surface area (Å²) < 4.78 is 34.0. The highest BCUT2D eigenvalue weighted by molar-refractivity contribution is 5.81. The van der Waals surface area contributed by atoms with Crippen molar-refractivity contribution >= 4 is 17.0 Å². The molecule has 0 aliphatic carbocycles. The molecule has 3 rings (SSSR count). The standard InChI is InChI=1S/C15H13F2N3O/c1-21-8-9-3-2-4-10(7-9)20-14-12(19-15(20)18)6-5-11(16)13(14)17/h2-7H,8H2,1H3,(H2,18,19). The molecule has 4 nitrogen and oxygen atoms in total. The second-order valence-electron chi connectivity index (χ2n) is 4.64. The predicted molar refractivity (Wildman–Crippen MR) is 76.1 cm³/mol. The molecule has 0 saturated heterocycles. The molecule has 0 saturated carbocycles. The lowest BCUT2D eigenvalue weighted by molar-refractivity contribution is 0.185. The molecule has 0 fully saturated rings. The second-order valence-corrected chi connectivity index (χ2v) is 4.64. The van der Waals surface area contributed by atoms with Crippen LogP contribution in [0.1, 0.15) is 5.56 Å². The Balaban J connectivity index is 2.27. The van der Waals surface area contributed by atoms with Gasteiger partial charge < -0.3 is 10.5 Å². The van der Waals surface area contributed by atoms with Crippen LogP contribution in [0.15, 0.2) is 36.4 Å². The molecular weight excluding hydrogens is 276 g/mol. The topological polar surface area (TPSA) is 53.1 Å². The first kappa shape index (κ1) is 13.5. The number of nitrogen functional groups attached to an aromatic ring is 1. The molecule has 2 aromatic carbocycles. The molecule has 0 spiro atoms. The minimum atomic E-state index is -0.964. The Kier molecular flexibility index (Phi) is 3.31. The molecule has 1 heterocycles. The fraction of sp³-hybridized carbons (Fsp3) is 0.133. The molecule has 21 heavy (non-hydrogen) atoms. The Labute approximate surface area is 119 Å². The van der Waals surface area contributed by atoms with Gasteiger partial charge in [0.1, 0.15) is 5.52 Å². The molecule has 0 amide bonds. The number of aromatic nitrogens is 2. The van der Waals surface area contributed by atoms with Crippen molar-refractivity contribution in [3.05, 3.63) is 53.6 Å². The SMILES string of the molecule is COCc1cccc(-n2c(N)nc3ccc(F)c(F)c32)c1. The van der Waals surface area contributed by atoms with Crippen molar-refractivity contribution in [3.8, 4) is 5.69 Å². The second kappa shape index (κ2) is 5.14. The zero-order valence-corrected chi connectivity index (χ0v) is 11.3. The maximum Gasteiger partial charge on any atom is 0.206 e. The number of halogens is 2. The number of hydrogen-bond acceptors (Lipinski definition) is 3. The van der Waals surface area contributed by atoms with Crippen molar-refractivity contribution in [1.29, 1.82) is 0 Å². The van der Waals surface area contributed by atoms with Gasteiger partial charge in [-0.2, -0.15) is 0 Å². The molecule has 0 aliphatic rings. The first-order chi connectivity index (χ1) is 10.1. The fourth-order valence-corrected chi connectivity index (χ4v) is 2.33. The summed E-state index contributed by atoms with van der Waals surface area (Å²) in [5, 5.41) is 0. The van der Waals surface area contributed by atoms with Crippen LogP contribution in [0.3, 0.4) is 0 Å². The molecule has 0 atom stereocenters. The molecule has 0 aliphatic heterocycles. The third-order valence-electron chi connectivity index (χ3n) is 3.22. The summed E-state index contributed by atoms with van der Waals surface area (Å²) >= 11 is 0. The van der Waals surface area contributed by atoms with Gasteiger partial charge in [-0.1, -0.05) is 12.1 Å². The van der Waals surface area contributed by atoms with E-state index in [4.69, 9.17) is 10.5 Å². The van der Waals surface area contributed by atoms with Crippen molar-refractivity contribution < 1.29 is 13.5 Å². The van der Waals surface area contributed by atoms with Gasteiger partial charge in [0, 0.05) is 12.8 Å². The van der Waals surface area contributed by atoms with Crippen LogP contribution >= 0.6 is 0 Å². The number of ether oxygens (including phenoxy) is 1. The zero-order valence-electron chi connectivity index (χ0n) is 11.3. The van der Waals surface area contributed by atoms with Gasteiger partial charge >= 0.3 is 0 Å². The first-order valence-corrected chi connectivity index (χ1v) is 6.32. The number of nitrogens with two attached hydrogens (primary N) is 1. The van der Waals surface area contributed by atoms with Crippen molar-refractivity contribution in [3.63, 3.8) is 0 Å². The maximum atomic E-state index is 14.1. The van der Waals surface area contributed by atoms with Crippen LogP contribution in [0, 0.1) is 11.6 Å². The summed E-state index contributed by atoms with van der Waals surface area (Å²) in [6.07, 6.45) is 0. The fourth-order valence-electron chi connectivity index (χ4n) is 2.33. The van der Waals surface area contributed by atoms with E-state index < -0.39 is 11.6 Å². The van der Waals surface area contributed by atoms with Crippen molar-refractivity contribution in [2.45, 2.75) is 6.61 Å². The van der Waals surface area contributed by atoms with Crippen LogP contribution in [-0.2, 0) is 11.3 Å². The maximum absolute atomic E-state index is 14.1. The normalized spacial score (nSPS) is 11.2. The number of hydrogen-bond donors (Lipinski definition) is 1. The third kappa shape index (κ3) is 2.23. The summed E-state index contributed by atoms with van der Waals surface area (Å²) in [5.41, 5.74) is 7.70. The Morgan fingerprint density at radius 1 is 1.24 bits per heavy atom. The van der Waals surface area contributed by atoms with E-state index in [1.165, 1.54) is 10.6 Å². The lowest BCUT2D eigenvalue weighted by atomic mass is 10.2. The molecular formula is C15H13F2N3O. The van der Waals surface area contributed by atoms with Crippen LogP contribution in [0.2, 0.25) is 0 Å². The number of imidazole rings is 1. The minimum absolute atomic E-state index is 0.0297. The quantitative estimate of drug-likeness (QED) is 0.806. The highest BCUT2D eigenvalue weighted by Gasteiger charge is 2.17. The molecule has 0 bridgehead atoms. The van der Waals surface area contributed by atoms with Gasteiger partial charge in [0.25, 0.3) is 0 Å². The van der Waals surface area contributed by atoms with E-state index in [-0.39, 0.29) is 11.5 Å². The number of methoxy groups -OCH3 is 1. The third-order valence-corrected chi connectivity index (χ3v) is 3.22. The number of benzene rings is 2. The van der Waals surface area contributed by atoms with E-state index in [1.54, 1.807) is 25.3 Å². The van der Waals surface area contributed by atoms with Crippen LogP contribution in [-0.4, -0.2) is 16.7 Å². The molecule has 2 N–H and O–H groups in total. The van der Waals surface area contributed by atoms with Crippen LogP contribution < -0.4 is 5.73 Å². The van der Waals surface area contributed by atoms with Crippen LogP contribution in [0.5, 0.6) is 0 Å². The summed E-state index contributed by atoms with van der Waals surface area (Å²) in [6.45, 7) is 0.414. The average Bonchev–Trinajstić information content (AvgIpc) is 2.81. The van der Waals surface area contributed by atoms with Gasteiger partial charge in [-0.05, 0) is 29.8 Å². The van der Waals surface area contributed by atoms with Gasteiger partial charge in [-0.15, -0.1) is 0 Å². The molecule has 6 heteroatoms. The Morgan fingerprint density at radius 3 is 2.81 bits per heavy atom. The molecule has 1 aromatic heterocycles. The monoisotopic (exact) mass is 289 g/mol. The van der Waals surface area contributed by atoms with Crippen LogP contribution in [0.25, 0.3) is 16.7 Å². The van der Waals surface area contributed by atoms with Gasteiger partial charge in [0.2, 0.25) is 5.95 Å². The highest BCUT2D eigenvalue weighted by atomic mass is 19.2. The van der Waals surface area contributed by atoms with E-state index in [0.717, 1.165) is 11.6 Å². The Bertz CT molecular complexity index is 814. The molecule has 0 unspecified atom stereocenters. The van der Waals surface area contributed by atoms with E-state index in [9.17, 15) is 8.78 Å². The number of nitrogens with zero attached hydrogens (tertiary/aromatic N) is 2. The Hall–Kier alpha value is -2.47. The molecule has 0 radical (unpaired) electrons. The van der Waals surface area contributed by atoms with Crippen molar-refractivity contribution in [1.82, 2.24) is 9.55 Å². The summed E-state index contributed by atoms with van der Waals surface area (Å²) in [7, 11) is 1.59. The first-order valence-electron chi connectivity index (χ1n) is 6.32. The lowest BCUT2D eigenvalue weighted by Crippen LogP contribution is -2.03. The zero-order chi connectivity index (χ0) is 15.0. The van der Waals surface area contributed by atoms with Gasteiger partial charge in [-0.25, -0.2) is 13.8 Å². The minimum Gasteiger partial charge on any atom is -0.380 e. The molecule has 3 aromatic rings. The summed E-state index contributed by atoms with van der Waals surface area (Å²) in [5.74, 6) is -1.80. The largest absolute Gasteiger partial charge is 0.380 e. The van der Waals surface area contributed by atoms with Crippen molar-refractivity contribution in [2.24, 2.45) is 0 Å². The van der Waals surface area contributed by atoms with Gasteiger partial charge in [0.15, 0.2) is 11.6 Å². The van der Waals surface area contributed by atoms with E-state index in [0.29, 0.717) is 17.8 Å². The molecule has 108 valence electrons. The van der Waals surface area contributed by atoms with E-state index in [1.807, 2.05) is 6.07 Å². The lowest BCUT2D eigenvalue weighted by Gasteiger charge is -2.09. The number of rotatable bonds is 3. The summed E-state index contributed by atoms with van der Waals surface area (Å²) in [6, 6.07) is 9.66. The highest BCUT2D eigenvalue weighted by Crippen LogP contribution is 2.27. The Morgan fingerprint density at radius 2 is 2.05 bits per heavy atom. The van der Waals surface area contributed by atoms with Gasteiger partial charge in [-0.3, -0.25) is 4.57 Å². The predicted octanol–water partition coefficient (Wildman–Crippen LogP) is 3.03.